The summed E-state index contributed by atoms with van der Waals surface area (Å²) in [6.45, 7) is 0. The topological polar surface area (TPSA) is 128 Å². The molecule has 10 heteroatoms. The molecule has 128 valence electrons. The van der Waals surface area contributed by atoms with Gasteiger partial charge in [-0.15, -0.1) is 11.3 Å². The number of nitro groups is 1. The fraction of sp³-hybridized carbons (Fsp3) is 0. The number of nitrogens with one attached hydrogen (secondary N) is 1. The molecule has 0 radical (unpaired) electrons. The molecule has 0 amide bonds. The number of nitro benzene ring substituents is 1. The Morgan fingerprint density at radius 1 is 1.16 bits per heavy atom. The molecule has 0 spiro atoms. The van der Waals surface area contributed by atoms with Gasteiger partial charge in [-0.2, -0.15) is 0 Å². The highest BCUT2D eigenvalue weighted by atomic mass is 32.2. The average Bonchev–Trinajstić information content (AvgIpc) is 3.03. The summed E-state index contributed by atoms with van der Waals surface area (Å²) >= 11 is 1.28. The van der Waals surface area contributed by atoms with Gasteiger partial charge in [0.25, 0.3) is 5.69 Å². The summed E-state index contributed by atoms with van der Waals surface area (Å²) in [6, 6.07) is 12.9. The highest BCUT2D eigenvalue weighted by Gasteiger charge is 2.20. The Morgan fingerprint density at radius 3 is 2.52 bits per heavy atom. The van der Waals surface area contributed by atoms with Crippen LogP contribution in [0, 0.1) is 10.1 Å². The van der Waals surface area contributed by atoms with Gasteiger partial charge in [0.1, 0.15) is 5.69 Å². The molecule has 0 aliphatic rings. The molecule has 8 nitrogen and oxygen atoms in total. The van der Waals surface area contributed by atoms with Crippen molar-refractivity contribution in [2.45, 2.75) is 4.90 Å². The van der Waals surface area contributed by atoms with Crippen LogP contribution in [0.3, 0.4) is 0 Å². The van der Waals surface area contributed by atoms with E-state index in [9.17, 15) is 18.5 Å². The highest BCUT2D eigenvalue weighted by molar-refractivity contribution is 7.89. The lowest BCUT2D eigenvalue weighted by Crippen LogP contribution is -2.12. The maximum Gasteiger partial charge on any atom is 0.294 e. The van der Waals surface area contributed by atoms with Gasteiger partial charge in [0.2, 0.25) is 10.0 Å². The van der Waals surface area contributed by atoms with E-state index in [2.05, 4.69) is 10.3 Å². The minimum atomic E-state index is -4.03. The van der Waals surface area contributed by atoms with E-state index in [0.29, 0.717) is 5.13 Å². The number of hydrogen-bond acceptors (Lipinski definition) is 7. The standard InChI is InChI=1S/C15H12N4O4S2/c16-25(22,23)11-6-7-12(14(8-11)19(20)21)17-15-18-13(9-24-15)10-4-2-1-3-5-10/h1-9H,(H,17,18)(H2,16,22,23). The van der Waals surface area contributed by atoms with E-state index in [4.69, 9.17) is 5.14 Å². The third-order valence-electron chi connectivity index (χ3n) is 3.31. The quantitative estimate of drug-likeness (QED) is 0.520. The van der Waals surface area contributed by atoms with Gasteiger partial charge in [-0.3, -0.25) is 10.1 Å². The Kier molecular flexibility index (Phi) is 4.49. The summed E-state index contributed by atoms with van der Waals surface area (Å²) in [5.41, 5.74) is 1.39. The zero-order valence-electron chi connectivity index (χ0n) is 12.6. The van der Waals surface area contributed by atoms with Crippen molar-refractivity contribution >= 4 is 37.9 Å². The van der Waals surface area contributed by atoms with Gasteiger partial charge < -0.3 is 5.32 Å². The number of benzene rings is 2. The number of sulfonamides is 1. The largest absolute Gasteiger partial charge is 0.326 e. The Balaban J connectivity index is 1.93. The second-order valence-electron chi connectivity index (χ2n) is 5.01. The Bertz CT molecular complexity index is 1030. The third-order valence-corrected chi connectivity index (χ3v) is 4.98. The molecule has 0 atom stereocenters. The minimum Gasteiger partial charge on any atom is -0.326 e. The van der Waals surface area contributed by atoms with Gasteiger partial charge in [0.05, 0.1) is 15.5 Å². The van der Waals surface area contributed by atoms with E-state index in [-0.39, 0.29) is 10.6 Å². The molecule has 0 aliphatic carbocycles. The molecular formula is C15H12N4O4S2. The van der Waals surface area contributed by atoms with E-state index >= 15 is 0 Å². The molecule has 0 unspecified atom stereocenters. The predicted molar refractivity (Wildman–Crippen MR) is 95.3 cm³/mol. The molecule has 0 saturated heterocycles. The van der Waals surface area contributed by atoms with Crippen LogP contribution in [-0.4, -0.2) is 18.3 Å². The monoisotopic (exact) mass is 376 g/mol. The molecule has 0 aliphatic heterocycles. The van der Waals surface area contributed by atoms with Gasteiger partial charge >= 0.3 is 0 Å². The molecule has 2 aromatic carbocycles. The number of primary sulfonamides is 1. The van der Waals surface area contributed by atoms with Crippen LogP contribution in [0.5, 0.6) is 0 Å². The summed E-state index contributed by atoms with van der Waals surface area (Å²) in [6.07, 6.45) is 0. The number of rotatable bonds is 5. The fourth-order valence-corrected chi connectivity index (χ4v) is 3.40. The van der Waals surface area contributed by atoms with Gasteiger partial charge in [-0.05, 0) is 12.1 Å². The number of anilines is 2. The average molecular weight is 376 g/mol. The van der Waals surface area contributed by atoms with Gasteiger partial charge in [-0.25, -0.2) is 18.5 Å². The van der Waals surface area contributed by atoms with Crippen molar-refractivity contribution in [1.29, 1.82) is 0 Å². The number of aromatic nitrogens is 1. The lowest BCUT2D eigenvalue weighted by atomic mass is 10.2. The molecule has 3 N–H and O–H groups in total. The second kappa shape index (κ2) is 6.59. The van der Waals surface area contributed by atoms with Crippen molar-refractivity contribution < 1.29 is 13.3 Å². The van der Waals surface area contributed by atoms with Crippen molar-refractivity contribution in [1.82, 2.24) is 4.98 Å². The van der Waals surface area contributed by atoms with Crippen LogP contribution in [0.1, 0.15) is 0 Å². The normalized spacial score (nSPS) is 11.2. The van der Waals surface area contributed by atoms with Gasteiger partial charge in [-0.1, -0.05) is 30.3 Å². The molecule has 1 heterocycles. The Labute approximate surface area is 147 Å². The zero-order valence-corrected chi connectivity index (χ0v) is 14.3. The lowest BCUT2D eigenvalue weighted by Gasteiger charge is -2.05. The highest BCUT2D eigenvalue weighted by Crippen LogP contribution is 2.32. The van der Waals surface area contributed by atoms with Gasteiger partial charge in [0.15, 0.2) is 5.13 Å². The van der Waals surface area contributed by atoms with Crippen LogP contribution in [0.2, 0.25) is 0 Å². The molecule has 1 aromatic heterocycles. The lowest BCUT2D eigenvalue weighted by molar-refractivity contribution is -0.384. The van der Waals surface area contributed by atoms with E-state index < -0.39 is 20.6 Å². The number of thiazole rings is 1. The molecule has 0 saturated carbocycles. The van der Waals surface area contributed by atoms with E-state index in [1.165, 1.54) is 23.5 Å². The van der Waals surface area contributed by atoms with Crippen LogP contribution in [-0.2, 0) is 10.0 Å². The first-order valence-electron chi connectivity index (χ1n) is 6.94. The smallest absolute Gasteiger partial charge is 0.294 e. The molecule has 3 aromatic rings. The van der Waals surface area contributed by atoms with E-state index in [1.807, 2.05) is 35.7 Å². The number of nitrogens with two attached hydrogens (primary N) is 1. The van der Waals surface area contributed by atoms with Crippen molar-refractivity contribution in [3.05, 3.63) is 64.0 Å². The summed E-state index contributed by atoms with van der Waals surface area (Å²) in [5, 5.41) is 21.4. The molecule has 25 heavy (non-hydrogen) atoms. The SMILES string of the molecule is NS(=O)(=O)c1ccc(Nc2nc(-c3ccccc3)cs2)c([N+](=O)[O-])c1. The summed E-state index contributed by atoms with van der Waals surface area (Å²) in [5.74, 6) is 0. The van der Waals surface area contributed by atoms with Crippen LogP contribution in [0.15, 0.2) is 58.8 Å². The first-order chi connectivity index (χ1) is 11.8. The predicted octanol–water partition coefficient (Wildman–Crippen LogP) is 3.11. The van der Waals surface area contributed by atoms with E-state index in [0.717, 1.165) is 17.3 Å². The molecule has 0 fully saturated rings. The molecule has 3 rings (SSSR count). The summed E-state index contributed by atoms with van der Waals surface area (Å²) in [4.78, 5) is 14.6. The second-order valence-corrected chi connectivity index (χ2v) is 7.43. The first-order valence-corrected chi connectivity index (χ1v) is 9.36. The van der Waals surface area contributed by atoms with Crippen molar-refractivity contribution in [3.8, 4) is 11.3 Å². The minimum absolute atomic E-state index is 0.131. The van der Waals surface area contributed by atoms with Crippen LogP contribution >= 0.6 is 11.3 Å². The number of nitrogens with zero attached hydrogens (tertiary/aromatic N) is 2. The Morgan fingerprint density at radius 2 is 1.88 bits per heavy atom. The van der Waals surface area contributed by atoms with Crippen molar-refractivity contribution in [3.63, 3.8) is 0 Å². The first kappa shape index (κ1) is 17.0. The van der Waals surface area contributed by atoms with Crippen LogP contribution in [0.4, 0.5) is 16.5 Å². The summed E-state index contributed by atoms with van der Waals surface area (Å²) in [7, 11) is -4.03. The molecular weight excluding hydrogens is 364 g/mol. The number of hydrogen-bond donors (Lipinski definition) is 2. The van der Waals surface area contributed by atoms with Crippen LogP contribution in [0.25, 0.3) is 11.3 Å². The Hall–Kier alpha value is -2.82. The maximum atomic E-state index is 11.4. The van der Waals surface area contributed by atoms with Crippen molar-refractivity contribution in [2.24, 2.45) is 5.14 Å². The fourth-order valence-electron chi connectivity index (χ4n) is 2.13. The summed E-state index contributed by atoms with van der Waals surface area (Å²) < 4.78 is 22.7. The zero-order chi connectivity index (χ0) is 18.0. The van der Waals surface area contributed by atoms with Gasteiger partial charge in [0, 0.05) is 17.0 Å². The maximum absolute atomic E-state index is 11.4. The molecule has 0 bridgehead atoms. The van der Waals surface area contributed by atoms with Crippen molar-refractivity contribution in [2.75, 3.05) is 5.32 Å². The van der Waals surface area contributed by atoms with E-state index in [1.54, 1.807) is 0 Å². The van der Waals surface area contributed by atoms with Crippen LogP contribution < -0.4 is 10.5 Å². The third kappa shape index (κ3) is 3.82.